The van der Waals surface area contributed by atoms with Crippen molar-refractivity contribution in [3.05, 3.63) is 29.3 Å². The van der Waals surface area contributed by atoms with Crippen LogP contribution in [-0.4, -0.2) is 26.8 Å². The molecular formula is C12H14F3N5. The van der Waals surface area contributed by atoms with Gasteiger partial charge in [0.25, 0.3) is 0 Å². The van der Waals surface area contributed by atoms with Crippen molar-refractivity contribution in [2.75, 3.05) is 12.4 Å². The molecule has 8 heteroatoms. The number of hydrogen-bond donors (Lipinski definition) is 1. The summed E-state index contributed by atoms with van der Waals surface area (Å²) >= 11 is 0. The van der Waals surface area contributed by atoms with Gasteiger partial charge in [-0.1, -0.05) is 6.92 Å². The number of nitrogens with one attached hydrogen (secondary N) is 1. The van der Waals surface area contributed by atoms with E-state index in [0.29, 0.717) is 29.4 Å². The first-order chi connectivity index (χ1) is 9.36. The zero-order chi connectivity index (χ0) is 14.9. The minimum Gasteiger partial charge on any atom is -0.373 e. The van der Waals surface area contributed by atoms with Gasteiger partial charge in [-0.2, -0.15) is 18.3 Å². The van der Waals surface area contributed by atoms with Gasteiger partial charge in [-0.15, -0.1) is 0 Å². The van der Waals surface area contributed by atoms with Crippen LogP contribution in [-0.2, 0) is 12.6 Å². The largest absolute Gasteiger partial charge is 0.419 e. The smallest absolute Gasteiger partial charge is 0.373 e. The van der Waals surface area contributed by atoms with E-state index >= 15 is 0 Å². The molecule has 0 unspecified atom stereocenters. The summed E-state index contributed by atoms with van der Waals surface area (Å²) in [6.45, 7) is 3.60. The van der Waals surface area contributed by atoms with E-state index in [1.807, 2.05) is 6.92 Å². The number of alkyl halides is 3. The fourth-order valence-corrected chi connectivity index (χ4v) is 1.76. The maximum atomic E-state index is 12.6. The van der Waals surface area contributed by atoms with Gasteiger partial charge in [-0.3, -0.25) is 0 Å². The van der Waals surface area contributed by atoms with Crippen molar-refractivity contribution >= 4 is 5.82 Å². The van der Waals surface area contributed by atoms with Gasteiger partial charge < -0.3 is 5.32 Å². The van der Waals surface area contributed by atoms with Crippen LogP contribution in [0.5, 0.6) is 0 Å². The maximum Gasteiger partial charge on any atom is 0.419 e. The van der Waals surface area contributed by atoms with E-state index in [0.717, 1.165) is 17.1 Å². The first-order valence-corrected chi connectivity index (χ1v) is 6.04. The minimum absolute atomic E-state index is 0.344. The van der Waals surface area contributed by atoms with Crippen LogP contribution in [0.2, 0.25) is 0 Å². The second-order valence-corrected chi connectivity index (χ2v) is 4.21. The van der Waals surface area contributed by atoms with Crippen molar-refractivity contribution in [2.24, 2.45) is 0 Å². The minimum atomic E-state index is -4.42. The highest BCUT2D eigenvalue weighted by molar-refractivity contribution is 5.51. The molecule has 2 rings (SSSR count). The predicted molar refractivity (Wildman–Crippen MR) is 67.8 cm³/mol. The molecular weight excluding hydrogens is 271 g/mol. The van der Waals surface area contributed by atoms with Crippen molar-refractivity contribution < 1.29 is 13.2 Å². The van der Waals surface area contributed by atoms with Crippen LogP contribution >= 0.6 is 0 Å². The lowest BCUT2D eigenvalue weighted by atomic mass is 10.3. The SMILES string of the molecule is CCc1nc(NC)c(C)c(-n2cc(C(F)(F)F)cn2)n1. The van der Waals surface area contributed by atoms with Crippen LogP contribution in [0.4, 0.5) is 19.0 Å². The molecule has 0 aliphatic heterocycles. The van der Waals surface area contributed by atoms with E-state index in [1.165, 1.54) is 0 Å². The second-order valence-electron chi connectivity index (χ2n) is 4.21. The molecule has 108 valence electrons. The number of aryl methyl sites for hydroxylation is 1. The third-order valence-corrected chi connectivity index (χ3v) is 2.85. The van der Waals surface area contributed by atoms with Gasteiger partial charge >= 0.3 is 6.18 Å². The average molecular weight is 285 g/mol. The average Bonchev–Trinajstić information content (AvgIpc) is 2.88. The van der Waals surface area contributed by atoms with Crippen LogP contribution in [0.25, 0.3) is 5.82 Å². The van der Waals surface area contributed by atoms with Crippen LogP contribution < -0.4 is 5.32 Å². The van der Waals surface area contributed by atoms with Crippen molar-refractivity contribution in [2.45, 2.75) is 26.4 Å². The van der Waals surface area contributed by atoms with Crippen molar-refractivity contribution in [1.29, 1.82) is 0 Å². The summed E-state index contributed by atoms with van der Waals surface area (Å²) in [7, 11) is 1.70. The molecule has 2 heterocycles. The zero-order valence-electron chi connectivity index (χ0n) is 11.3. The Morgan fingerprint density at radius 3 is 2.50 bits per heavy atom. The second kappa shape index (κ2) is 5.10. The Morgan fingerprint density at radius 2 is 2.00 bits per heavy atom. The Morgan fingerprint density at radius 1 is 1.30 bits per heavy atom. The Kier molecular flexibility index (Phi) is 3.65. The summed E-state index contributed by atoms with van der Waals surface area (Å²) in [4.78, 5) is 8.51. The predicted octanol–water partition coefficient (Wildman–Crippen LogP) is 2.59. The lowest BCUT2D eigenvalue weighted by molar-refractivity contribution is -0.137. The highest BCUT2D eigenvalue weighted by Crippen LogP contribution is 2.29. The third kappa shape index (κ3) is 2.59. The molecule has 0 spiro atoms. The molecule has 1 N–H and O–H groups in total. The molecule has 0 fully saturated rings. The number of aromatic nitrogens is 4. The Labute approximate surface area is 113 Å². The summed E-state index contributed by atoms with van der Waals surface area (Å²) in [6.07, 6.45) is -2.13. The zero-order valence-corrected chi connectivity index (χ0v) is 11.3. The maximum absolute atomic E-state index is 12.6. The molecule has 0 aromatic carbocycles. The van der Waals surface area contributed by atoms with Gasteiger partial charge in [0.15, 0.2) is 5.82 Å². The molecule has 0 atom stereocenters. The number of hydrogen-bond acceptors (Lipinski definition) is 4. The monoisotopic (exact) mass is 285 g/mol. The molecule has 5 nitrogen and oxygen atoms in total. The first kappa shape index (κ1) is 14.3. The van der Waals surface area contributed by atoms with Gasteiger partial charge in [-0.05, 0) is 6.92 Å². The number of halogens is 3. The van der Waals surface area contributed by atoms with E-state index in [-0.39, 0.29) is 0 Å². The van der Waals surface area contributed by atoms with E-state index in [1.54, 1.807) is 14.0 Å². The van der Waals surface area contributed by atoms with Crippen LogP contribution in [0.15, 0.2) is 12.4 Å². The quantitative estimate of drug-likeness (QED) is 0.941. The summed E-state index contributed by atoms with van der Waals surface area (Å²) in [5.41, 5.74) is -0.166. The van der Waals surface area contributed by atoms with Gasteiger partial charge in [0.2, 0.25) is 0 Å². The summed E-state index contributed by atoms with van der Waals surface area (Å²) < 4.78 is 39.0. The molecule has 0 saturated carbocycles. The van der Waals surface area contributed by atoms with Crippen LogP contribution in [0.3, 0.4) is 0 Å². The molecule has 0 bridgehead atoms. The molecule has 20 heavy (non-hydrogen) atoms. The topological polar surface area (TPSA) is 55.6 Å². The van der Waals surface area contributed by atoms with Crippen molar-refractivity contribution in [1.82, 2.24) is 19.7 Å². The van der Waals surface area contributed by atoms with Crippen molar-refractivity contribution in [3.8, 4) is 5.82 Å². The van der Waals surface area contributed by atoms with Crippen LogP contribution in [0, 0.1) is 6.92 Å². The summed E-state index contributed by atoms with van der Waals surface area (Å²) in [5, 5.41) is 6.65. The standard InChI is InChI=1S/C12H14F3N5/c1-4-9-18-10(16-3)7(2)11(19-9)20-6-8(5-17-20)12(13,14)15/h5-6H,4H2,1-3H3,(H,16,18,19). The third-order valence-electron chi connectivity index (χ3n) is 2.85. The van der Waals surface area contributed by atoms with Crippen molar-refractivity contribution in [3.63, 3.8) is 0 Å². The Hall–Kier alpha value is -2.12. The highest BCUT2D eigenvalue weighted by atomic mass is 19.4. The molecule has 0 aliphatic rings. The number of anilines is 1. The fourth-order valence-electron chi connectivity index (χ4n) is 1.76. The number of rotatable bonds is 3. The van der Waals surface area contributed by atoms with E-state index in [2.05, 4.69) is 20.4 Å². The Balaban J connectivity index is 2.54. The normalized spacial score (nSPS) is 11.7. The van der Waals surface area contributed by atoms with E-state index in [9.17, 15) is 13.2 Å². The molecule has 2 aromatic rings. The van der Waals surface area contributed by atoms with Crippen LogP contribution in [0.1, 0.15) is 23.9 Å². The first-order valence-electron chi connectivity index (χ1n) is 6.04. The highest BCUT2D eigenvalue weighted by Gasteiger charge is 2.32. The van der Waals surface area contributed by atoms with Gasteiger partial charge in [0.05, 0.1) is 11.8 Å². The van der Waals surface area contributed by atoms with E-state index in [4.69, 9.17) is 0 Å². The van der Waals surface area contributed by atoms with Gasteiger partial charge in [-0.25, -0.2) is 14.6 Å². The molecule has 0 saturated heterocycles. The fraction of sp³-hybridized carbons (Fsp3) is 0.417. The van der Waals surface area contributed by atoms with Gasteiger partial charge in [0, 0.05) is 25.2 Å². The molecule has 0 aliphatic carbocycles. The summed E-state index contributed by atoms with van der Waals surface area (Å²) in [5.74, 6) is 1.46. The lowest BCUT2D eigenvalue weighted by Crippen LogP contribution is -2.10. The number of nitrogens with zero attached hydrogens (tertiary/aromatic N) is 4. The van der Waals surface area contributed by atoms with Gasteiger partial charge in [0.1, 0.15) is 11.6 Å². The lowest BCUT2D eigenvalue weighted by Gasteiger charge is -2.11. The Bertz CT molecular complexity index is 618. The van der Waals surface area contributed by atoms with E-state index < -0.39 is 11.7 Å². The summed E-state index contributed by atoms with van der Waals surface area (Å²) in [6, 6.07) is 0. The molecule has 0 radical (unpaired) electrons. The molecule has 0 amide bonds. The molecule has 2 aromatic heterocycles.